The van der Waals surface area contributed by atoms with Gasteiger partial charge >= 0.3 is 6.03 Å². The van der Waals surface area contributed by atoms with Crippen LogP contribution < -0.4 is 20.1 Å². The van der Waals surface area contributed by atoms with Gasteiger partial charge in [-0.25, -0.2) is 4.79 Å². The van der Waals surface area contributed by atoms with Crippen molar-refractivity contribution in [1.82, 2.24) is 5.32 Å². The first-order valence-electron chi connectivity index (χ1n) is 6.00. The second-order valence-electron chi connectivity index (χ2n) is 3.93. The summed E-state index contributed by atoms with van der Waals surface area (Å²) in [7, 11) is 3.10. The largest absolute Gasteiger partial charge is 0.493 e. The second kappa shape index (κ2) is 7.74. The number of carbonyl (C=O) groups is 1. The number of halogens is 1. The Bertz CT molecular complexity index is 422. The van der Waals surface area contributed by atoms with Crippen molar-refractivity contribution in [3.8, 4) is 11.5 Å². The van der Waals surface area contributed by atoms with E-state index >= 15 is 0 Å². The summed E-state index contributed by atoms with van der Waals surface area (Å²) in [5, 5.41) is 5.50. The van der Waals surface area contributed by atoms with Crippen LogP contribution in [-0.4, -0.2) is 32.2 Å². The lowest BCUT2D eigenvalue weighted by Crippen LogP contribution is -2.38. The van der Waals surface area contributed by atoms with E-state index in [4.69, 9.17) is 21.1 Å². The average molecular weight is 287 g/mol. The third kappa shape index (κ3) is 4.52. The smallest absolute Gasteiger partial charge is 0.319 e. The lowest BCUT2D eigenvalue weighted by Gasteiger charge is -2.15. The Labute approximate surface area is 118 Å². The molecular formula is C13H19ClN2O3. The predicted octanol–water partition coefficient (Wildman–Crippen LogP) is 2.84. The van der Waals surface area contributed by atoms with Crippen LogP contribution in [0.3, 0.4) is 0 Å². The van der Waals surface area contributed by atoms with Crippen molar-refractivity contribution < 1.29 is 14.3 Å². The fourth-order valence-corrected chi connectivity index (χ4v) is 1.81. The summed E-state index contributed by atoms with van der Waals surface area (Å²) in [6, 6.07) is 4.83. The van der Waals surface area contributed by atoms with Crippen LogP contribution in [0.4, 0.5) is 10.5 Å². The van der Waals surface area contributed by atoms with Crippen molar-refractivity contribution in [2.45, 2.75) is 19.4 Å². The van der Waals surface area contributed by atoms with Gasteiger partial charge in [0.15, 0.2) is 11.5 Å². The Balaban J connectivity index is 2.69. The molecule has 6 heteroatoms. The summed E-state index contributed by atoms with van der Waals surface area (Å²) < 4.78 is 10.3. The highest BCUT2D eigenvalue weighted by Gasteiger charge is 2.10. The molecule has 106 valence electrons. The fraction of sp³-hybridized carbons (Fsp3) is 0.462. The minimum absolute atomic E-state index is 0.0400. The highest BCUT2D eigenvalue weighted by atomic mass is 35.5. The van der Waals surface area contributed by atoms with E-state index in [9.17, 15) is 4.79 Å². The minimum atomic E-state index is -0.292. The number of anilines is 1. The maximum absolute atomic E-state index is 11.7. The number of urea groups is 1. The molecule has 0 bridgehead atoms. The Kier molecular flexibility index (Phi) is 6.29. The lowest BCUT2D eigenvalue weighted by molar-refractivity contribution is 0.249. The molecule has 0 heterocycles. The molecule has 5 nitrogen and oxygen atoms in total. The second-order valence-corrected chi connectivity index (χ2v) is 4.24. The van der Waals surface area contributed by atoms with Crippen molar-refractivity contribution in [2.24, 2.45) is 0 Å². The molecule has 1 unspecified atom stereocenters. The van der Waals surface area contributed by atoms with Gasteiger partial charge in [-0.1, -0.05) is 6.92 Å². The molecule has 1 rings (SSSR count). The van der Waals surface area contributed by atoms with E-state index in [0.717, 1.165) is 6.42 Å². The molecule has 0 aliphatic carbocycles. The third-order valence-corrected chi connectivity index (χ3v) is 3.03. The molecule has 0 radical (unpaired) electrons. The molecule has 0 spiro atoms. The Hall–Kier alpha value is -1.62. The van der Waals surface area contributed by atoms with Crippen LogP contribution in [0, 0.1) is 0 Å². The number of carbonyl (C=O) groups excluding carboxylic acids is 1. The molecule has 0 saturated heterocycles. The van der Waals surface area contributed by atoms with Gasteiger partial charge in [-0.2, -0.15) is 0 Å². The van der Waals surface area contributed by atoms with Gasteiger partial charge in [-0.05, 0) is 18.6 Å². The SMILES string of the molecule is CCC(CCl)NC(=O)Nc1ccc(OC)c(OC)c1. The summed E-state index contributed by atoms with van der Waals surface area (Å²) in [6.45, 7) is 1.96. The van der Waals surface area contributed by atoms with Crippen LogP contribution in [0.2, 0.25) is 0 Å². The first-order valence-corrected chi connectivity index (χ1v) is 6.53. The van der Waals surface area contributed by atoms with Crippen LogP contribution in [-0.2, 0) is 0 Å². The topological polar surface area (TPSA) is 59.6 Å². The number of amides is 2. The number of hydrogen-bond donors (Lipinski definition) is 2. The van der Waals surface area contributed by atoms with Gasteiger partial charge in [0.05, 0.1) is 14.2 Å². The summed E-state index contributed by atoms with van der Waals surface area (Å²) in [4.78, 5) is 11.7. The van der Waals surface area contributed by atoms with Crippen molar-refractivity contribution >= 4 is 23.3 Å². The zero-order valence-corrected chi connectivity index (χ0v) is 12.1. The molecule has 19 heavy (non-hydrogen) atoms. The number of rotatable bonds is 6. The maximum Gasteiger partial charge on any atom is 0.319 e. The van der Waals surface area contributed by atoms with Crippen LogP contribution in [0.25, 0.3) is 0 Å². The van der Waals surface area contributed by atoms with Crippen molar-refractivity contribution in [1.29, 1.82) is 0 Å². The van der Waals surface area contributed by atoms with Gasteiger partial charge in [-0.15, -0.1) is 11.6 Å². The minimum Gasteiger partial charge on any atom is -0.493 e. The summed E-state index contributed by atoms with van der Waals surface area (Å²) in [5.41, 5.74) is 0.625. The monoisotopic (exact) mass is 286 g/mol. The van der Waals surface area contributed by atoms with Crippen LogP contribution in [0.5, 0.6) is 11.5 Å². The van der Waals surface area contributed by atoms with Crippen molar-refractivity contribution in [3.05, 3.63) is 18.2 Å². The number of nitrogens with one attached hydrogen (secondary N) is 2. The molecule has 2 N–H and O–H groups in total. The summed E-state index contributed by atoms with van der Waals surface area (Å²) in [5.74, 6) is 1.56. The van der Waals surface area contributed by atoms with Gasteiger partial charge in [0.25, 0.3) is 0 Å². The summed E-state index contributed by atoms with van der Waals surface area (Å²) in [6.07, 6.45) is 0.781. The number of benzene rings is 1. The Morgan fingerprint density at radius 1 is 1.32 bits per heavy atom. The van der Waals surface area contributed by atoms with Crippen LogP contribution >= 0.6 is 11.6 Å². The van der Waals surface area contributed by atoms with Gasteiger partial charge in [0.1, 0.15) is 0 Å². The number of methoxy groups -OCH3 is 2. The normalized spacial score (nSPS) is 11.6. The van der Waals surface area contributed by atoms with E-state index in [1.807, 2.05) is 6.92 Å². The first kappa shape index (κ1) is 15.4. The van der Waals surface area contributed by atoms with E-state index in [1.54, 1.807) is 32.4 Å². The Morgan fingerprint density at radius 2 is 2.00 bits per heavy atom. The number of ether oxygens (including phenoxy) is 2. The molecule has 0 aliphatic rings. The molecule has 1 aromatic rings. The van der Waals surface area contributed by atoms with Crippen LogP contribution in [0.15, 0.2) is 18.2 Å². The molecule has 1 aromatic carbocycles. The average Bonchev–Trinajstić information content (AvgIpc) is 2.44. The molecule has 0 saturated carbocycles. The van der Waals surface area contributed by atoms with E-state index in [1.165, 1.54) is 0 Å². The number of alkyl halides is 1. The fourth-order valence-electron chi connectivity index (χ4n) is 1.52. The van der Waals surface area contributed by atoms with Crippen molar-refractivity contribution in [3.63, 3.8) is 0 Å². The molecular weight excluding hydrogens is 268 g/mol. The maximum atomic E-state index is 11.7. The third-order valence-electron chi connectivity index (χ3n) is 2.66. The summed E-state index contributed by atoms with van der Waals surface area (Å²) >= 11 is 5.72. The quantitative estimate of drug-likeness (QED) is 0.791. The van der Waals surface area contributed by atoms with E-state index in [-0.39, 0.29) is 12.1 Å². The van der Waals surface area contributed by atoms with E-state index in [2.05, 4.69) is 10.6 Å². The molecule has 0 fully saturated rings. The molecule has 0 aromatic heterocycles. The van der Waals surface area contributed by atoms with Gasteiger partial charge in [-0.3, -0.25) is 0 Å². The van der Waals surface area contributed by atoms with Gasteiger partial charge < -0.3 is 20.1 Å². The first-order chi connectivity index (χ1) is 9.14. The van der Waals surface area contributed by atoms with E-state index < -0.39 is 0 Å². The van der Waals surface area contributed by atoms with Crippen LogP contribution in [0.1, 0.15) is 13.3 Å². The highest BCUT2D eigenvalue weighted by Crippen LogP contribution is 2.29. The van der Waals surface area contributed by atoms with Gasteiger partial charge in [0.2, 0.25) is 0 Å². The number of hydrogen-bond acceptors (Lipinski definition) is 3. The molecule has 2 amide bonds. The zero-order chi connectivity index (χ0) is 14.3. The Morgan fingerprint density at radius 3 is 2.53 bits per heavy atom. The standard InChI is InChI=1S/C13H19ClN2O3/c1-4-9(8-14)15-13(17)16-10-5-6-11(18-2)12(7-10)19-3/h5-7,9H,4,8H2,1-3H3,(H2,15,16,17). The molecule has 0 aliphatic heterocycles. The van der Waals surface area contributed by atoms with Crippen molar-refractivity contribution in [2.75, 3.05) is 25.4 Å². The highest BCUT2D eigenvalue weighted by molar-refractivity contribution is 6.18. The zero-order valence-electron chi connectivity index (χ0n) is 11.3. The van der Waals surface area contributed by atoms with E-state index in [0.29, 0.717) is 23.1 Å². The predicted molar refractivity (Wildman–Crippen MR) is 76.5 cm³/mol. The lowest BCUT2D eigenvalue weighted by atomic mass is 10.2. The molecule has 1 atom stereocenters. The van der Waals surface area contributed by atoms with Gasteiger partial charge in [0, 0.05) is 23.7 Å².